The molecule has 0 amide bonds. The lowest BCUT2D eigenvalue weighted by molar-refractivity contribution is 0.462. The van der Waals surface area contributed by atoms with Gasteiger partial charge in [-0.2, -0.15) is 5.10 Å². The second-order valence-electron chi connectivity index (χ2n) is 4.08. The summed E-state index contributed by atoms with van der Waals surface area (Å²) in [6.07, 6.45) is 6.67. The van der Waals surface area contributed by atoms with Gasteiger partial charge in [0.2, 0.25) is 0 Å². The Morgan fingerprint density at radius 3 is 2.75 bits per heavy atom. The van der Waals surface area contributed by atoms with Gasteiger partial charge in [0.05, 0.1) is 22.4 Å². The summed E-state index contributed by atoms with van der Waals surface area (Å²) in [7, 11) is 2.02. The smallest absolute Gasteiger partial charge is 0.0695 e. The second-order valence-corrected chi connectivity index (χ2v) is 4.94. The third-order valence-corrected chi connectivity index (χ3v) is 3.40. The van der Waals surface area contributed by atoms with Gasteiger partial charge in [0, 0.05) is 6.54 Å². The van der Waals surface area contributed by atoms with Gasteiger partial charge in [0.1, 0.15) is 0 Å². The fourth-order valence-corrected chi connectivity index (χ4v) is 2.51. The van der Waals surface area contributed by atoms with Crippen molar-refractivity contribution in [1.82, 2.24) is 15.1 Å². The Labute approximate surface area is 107 Å². The van der Waals surface area contributed by atoms with Gasteiger partial charge in [-0.25, -0.2) is 0 Å². The molecule has 0 aliphatic carbocycles. The van der Waals surface area contributed by atoms with Crippen molar-refractivity contribution >= 4 is 15.9 Å². The zero-order valence-corrected chi connectivity index (χ0v) is 12.0. The van der Waals surface area contributed by atoms with Gasteiger partial charge in [-0.1, -0.05) is 26.7 Å². The molecule has 0 bridgehead atoms. The molecule has 0 saturated carbocycles. The van der Waals surface area contributed by atoms with E-state index in [0.717, 1.165) is 17.4 Å². The lowest BCUT2D eigenvalue weighted by Gasteiger charge is -2.18. The maximum Gasteiger partial charge on any atom is 0.0695 e. The van der Waals surface area contributed by atoms with Crippen LogP contribution in [-0.2, 0) is 6.54 Å². The number of nitrogens with zero attached hydrogens (tertiary/aromatic N) is 2. The normalized spacial score (nSPS) is 13.0. The first-order chi connectivity index (χ1) is 7.74. The Morgan fingerprint density at radius 1 is 1.44 bits per heavy atom. The van der Waals surface area contributed by atoms with Gasteiger partial charge in [-0.15, -0.1) is 0 Å². The van der Waals surface area contributed by atoms with Gasteiger partial charge in [-0.3, -0.25) is 4.68 Å². The van der Waals surface area contributed by atoms with Crippen molar-refractivity contribution < 1.29 is 0 Å². The molecule has 0 aliphatic rings. The molecule has 1 unspecified atom stereocenters. The van der Waals surface area contributed by atoms with Gasteiger partial charge in [0.15, 0.2) is 0 Å². The summed E-state index contributed by atoms with van der Waals surface area (Å²) in [5, 5.41) is 7.80. The minimum Gasteiger partial charge on any atom is -0.312 e. The standard InChI is InChI=1S/C12H22BrN3/c1-4-6-7-11(14-3)12-10(13)9-15-16(12)8-5-2/h9,11,14H,4-8H2,1-3H3. The second kappa shape index (κ2) is 7.07. The summed E-state index contributed by atoms with van der Waals surface area (Å²) >= 11 is 3.60. The maximum atomic E-state index is 4.41. The SMILES string of the molecule is CCCCC(NC)c1c(Br)cnn1CCC. The minimum atomic E-state index is 0.406. The molecular formula is C12H22BrN3. The summed E-state index contributed by atoms with van der Waals surface area (Å²) in [4.78, 5) is 0. The van der Waals surface area contributed by atoms with Crippen molar-refractivity contribution in [1.29, 1.82) is 0 Å². The van der Waals surface area contributed by atoms with Gasteiger partial charge in [-0.05, 0) is 35.8 Å². The average Bonchev–Trinajstić information content (AvgIpc) is 2.63. The molecule has 4 heteroatoms. The van der Waals surface area contributed by atoms with E-state index < -0.39 is 0 Å². The summed E-state index contributed by atoms with van der Waals surface area (Å²) < 4.78 is 3.23. The van der Waals surface area contributed by atoms with Crippen molar-refractivity contribution in [2.75, 3.05) is 7.05 Å². The van der Waals surface area contributed by atoms with E-state index in [1.807, 2.05) is 13.2 Å². The molecule has 92 valence electrons. The molecule has 0 saturated heterocycles. The maximum absolute atomic E-state index is 4.41. The average molecular weight is 288 g/mol. The van der Waals surface area contributed by atoms with E-state index in [-0.39, 0.29) is 0 Å². The number of hydrogen-bond donors (Lipinski definition) is 1. The Hall–Kier alpha value is -0.350. The van der Waals surface area contributed by atoms with Crippen LogP contribution in [0.5, 0.6) is 0 Å². The highest BCUT2D eigenvalue weighted by molar-refractivity contribution is 9.10. The van der Waals surface area contributed by atoms with E-state index in [9.17, 15) is 0 Å². The van der Waals surface area contributed by atoms with Crippen molar-refractivity contribution in [3.63, 3.8) is 0 Å². The van der Waals surface area contributed by atoms with Crippen LogP contribution < -0.4 is 5.32 Å². The zero-order valence-electron chi connectivity index (χ0n) is 10.5. The van der Waals surface area contributed by atoms with Gasteiger partial charge < -0.3 is 5.32 Å². The molecule has 0 spiro atoms. The molecule has 0 fully saturated rings. The van der Waals surface area contributed by atoms with Crippen molar-refractivity contribution in [2.45, 2.75) is 52.1 Å². The van der Waals surface area contributed by atoms with E-state index in [1.54, 1.807) is 0 Å². The summed E-state index contributed by atoms with van der Waals surface area (Å²) in [6.45, 7) is 5.40. The van der Waals surface area contributed by atoms with E-state index in [0.29, 0.717) is 6.04 Å². The Balaban J connectivity index is 2.84. The molecule has 3 nitrogen and oxygen atoms in total. The van der Waals surface area contributed by atoms with Crippen LogP contribution >= 0.6 is 15.9 Å². The first-order valence-corrected chi connectivity index (χ1v) is 6.92. The quantitative estimate of drug-likeness (QED) is 0.832. The highest BCUT2D eigenvalue weighted by Gasteiger charge is 2.17. The zero-order chi connectivity index (χ0) is 12.0. The molecular weight excluding hydrogens is 266 g/mol. The summed E-state index contributed by atoms with van der Waals surface area (Å²) in [6, 6.07) is 0.406. The molecule has 0 aromatic carbocycles. The van der Waals surface area contributed by atoms with Crippen LogP contribution in [0, 0.1) is 0 Å². The first-order valence-electron chi connectivity index (χ1n) is 6.13. The number of hydrogen-bond acceptors (Lipinski definition) is 2. The highest BCUT2D eigenvalue weighted by atomic mass is 79.9. The van der Waals surface area contributed by atoms with Crippen LogP contribution in [0.2, 0.25) is 0 Å². The van der Waals surface area contributed by atoms with Crippen LogP contribution in [0.4, 0.5) is 0 Å². The van der Waals surface area contributed by atoms with Crippen LogP contribution in [-0.4, -0.2) is 16.8 Å². The third kappa shape index (κ3) is 3.32. The van der Waals surface area contributed by atoms with Gasteiger partial charge in [0.25, 0.3) is 0 Å². The van der Waals surface area contributed by atoms with E-state index >= 15 is 0 Å². The number of unbranched alkanes of at least 4 members (excludes halogenated alkanes) is 1. The molecule has 1 aromatic rings. The lowest BCUT2D eigenvalue weighted by Crippen LogP contribution is -2.21. The molecule has 0 aliphatic heterocycles. The molecule has 0 radical (unpaired) electrons. The number of halogens is 1. The fourth-order valence-electron chi connectivity index (χ4n) is 1.93. The monoisotopic (exact) mass is 287 g/mol. The van der Waals surface area contributed by atoms with Crippen molar-refractivity contribution in [3.8, 4) is 0 Å². The fraction of sp³-hybridized carbons (Fsp3) is 0.750. The molecule has 1 N–H and O–H groups in total. The predicted octanol–water partition coefficient (Wildman–Crippen LogP) is 3.51. The van der Waals surface area contributed by atoms with E-state index in [1.165, 1.54) is 25.0 Å². The Morgan fingerprint density at radius 2 is 2.19 bits per heavy atom. The predicted molar refractivity (Wildman–Crippen MR) is 71.5 cm³/mol. The largest absolute Gasteiger partial charge is 0.312 e. The number of nitrogens with one attached hydrogen (secondary N) is 1. The van der Waals surface area contributed by atoms with Crippen molar-refractivity contribution in [2.24, 2.45) is 0 Å². The van der Waals surface area contributed by atoms with E-state index in [4.69, 9.17) is 0 Å². The van der Waals surface area contributed by atoms with Crippen LogP contribution in [0.3, 0.4) is 0 Å². The first kappa shape index (κ1) is 13.7. The molecule has 1 aromatic heterocycles. The van der Waals surface area contributed by atoms with Crippen LogP contribution in [0.1, 0.15) is 51.3 Å². The van der Waals surface area contributed by atoms with Crippen LogP contribution in [0.15, 0.2) is 10.7 Å². The highest BCUT2D eigenvalue weighted by Crippen LogP contribution is 2.26. The molecule has 16 heavy (non-hydrogen) atoms. The Bertz CT molecular complexity index is 309. The van der Waals surface area contributed by atoms with Crippen molar-refractivity contribution in [3.05, 3.63) is 16.4 Å². The lowest BCUT2D eigenvalue weighted by atomic mass is 10.1. The number of aryl methyl sites for hydroxylation is 1. The van der Waals surface area contributed by atoms with E-state index in [2.05, 4.69) is 44.9 Å². The number of rotatable bonds is 7. The van der Waals surface area contributed by atoms with Gasteiger partial charge >= 0.3 is 0 Å². The topological polar surface area (TPSA) is 29.9 Å². The summed E-state index contributed by atoms with van der Waals surface area (Å²) in [5.41, 5.74) is 1.29. The molecule has 1 heterocycles. The molecule has 1 atom stereocenters. The van der Waals surface area contributed by atoms with Crippen LogP contribution in [0.25, 0.3) is 0 Å². The summed E-state index contributed by atoms with van der Waals surface area (Å²) in [5.74, 6) is 0. The minimum absolute atomic E-state index is 0.406. The third-order valence-electron chi connectivity index (χ3n) is 2.79. The molecule has 1 rings (SSSR count). The Kier molecular flexibility index (Phi) is 6.06. The number of aromatic nitrogens is 2.